The molecule has 2 aliphatic carbocycles. The molecular formula is C30H20Cl2F6N2O9. The highest BCUT2D eigenvalue weighted by Gasteiger charge is 2.63. The molecule has 0 spiro atoms. The van der Waals surface area contributed by atoms with Gasteiger partial charge < -0.3 is 14.2 Å². The number of hydrogen-bond donors (Lipinski definition) is 0. The Morgan fingerprint density at radius 2 is 1.02 bits per heavy atom. The Morgan fingerprint density at radius 3 is 1.31 bits per heavy atom. The van der Waals surface area contributed by atoms with Crippen LogP contribution in [0.1, 0.15) is 22.3 Å². The minimum atomic E-state index is -5.14. The summed E-state index contributed by atoms with van der Waals surface area (Å²) in [6.45, 7) is 0. The van der Waals surface area contributed by atoms with Gasteiger partial charge in [0.1, 0.15) is 11.5 Å². The lowest BCUT2D eigenvalue weighted by Crippen LogP contribution is -2.49. The fraction of sp³-hybridized carbons (Fsp3) is 0.267. The van der Waals surface area contributed by atoms with Crippen molar-refractivity contribution in [3.8, 4) is 0 Å². The molecule has 0 saturated heterocycles. The first-order chi connectivity index (χ1) is 22.8. The molecule has 49 heavy (non-hydrogen) atoms. The summed E-state index contributed by atoms with van der Waals surface area (Å²) in [6.07, 6.45) is -7.65. The number of nitrogens with zero attached hydrogens (tertiary/aromatic N) is 2. The number of ether oxygens (including phenoxy) is 3. The molecule has 0 aliphatic heterocycles. The lowest BCUT2D eigenvalue weighted by molar-refractivity contribution is -0.570. The maximum atomic E-state index is 14.0. The second-order valence-electron chi connectivity index (χ2n) is 10.4. The molecule has 4 rings (SSSR count). The molecule has 0 N–H and O–H groups in total. The number of methoxy groups -OCH3 is 2. The van der Waals surface area contributed by atoms with E-state index in [1.54, 1.807) is 0 Å². The van der Waals surface area contributed by atoms with Crippen LogP contribution in [0.2, 0.25) is 0 Å². The number of esters is 2. The van der Waals surface area contributed by atoms with Crippen molar-refractivity contribution in [1.29, 1.82) is 0 Å². The fourth-order valence-electron chi connectivity index (χ4n) is 5.69. The van der Waals surface area contributed by atoms with Crippen molar-refractivity contribution >= 4 is 35.1 Å². The van der Waals surface area contributed by atoms with Crippen LogP contribution in [0.4, 0.5) is 26.3 Å². The van der Waals surface area contributed by atoms with E-state index in [2.05, 4.69) is 9.47 Å². The summed E-state index contributed by atoms with van der Waals surface area (Å²) >= 11 is 12.9. The monoisotopic (exact) mass is 736 g/mol. The summed E-state index contributed by atoms with van der Waals surface area (Å²) in [5.74, 6) is -8.98. The van der Waals surface area contributed by atoms with Gasteiger partial charge in [0.15, 0.2) is 11.8 Å². The van der Waals surface area contributed by atoms with Crippen LogP contribution in [-0.4, -0.2) is 36.0 Å². The van der Waals surface area contributed by atoms with Gasteiger partial charge in [-0.25, -0.2) is 0 Å². The van der Waals surface area contributed by atoms with Crippen molar-refractivity contribution in [2.24, 2.45) is 11.8 Å². The summed E-state index contributed by atoms with van der Waals surface area (Å²) in [7, 11) is 1.57. The molecule has 0 bridgehead atoms. The molecule has 0 aromatic heterocycles. The van der Waals surface area contributed by atoms with E-state index in [4.69, 9.17) is 27.9 Å². The third kappa shape index (κ3) is 6.12. The molecule has 0 fully saturated rings. The SMILES string of the molecule is COC(=O)C1C(Cl)=C(OC2=C(Cl)C(C(=O)OC)C(c3ccccc3C(F)(F)F)([N+](=O)[O-])C=C2)C=CC1(c1ccccc1C(F)(F)F)[N+](=O)[O-]. The van der Waals surface area contributed by atoms with Gasteiger partial charge in [-0.3, -0.25) is 29.8 Å². The maximum absolute atomic E-state index is 14.0. The molecule has 2 aromatic carbocycles. The smallest absolute Gasteiger partial charge is 0.416 e. The number of allylic oxidation sites excluding steroid dienone is 2. The number of carbonyl (C=O) groups excluding carboxylic acids is 2. The topological polar surface area (TPSA) is 148 Å². The number of benzene rings is 2. The van der Waals surface area contributed by atoms with Gasteiger partial charge in [0.2, 0.25) is 0 Å². The Kier molecular flexibility index (Phi) is 9.94. The second-order valence-corrected chi connectivity index (χ2v) is 11.2. The lowest BCUT2D eigenvalue weighted by Gasteiger charge is -2.35. The quantitative estimate of drug-likeness (QED) is 0.121. The van der Waals surface area contributed by atoms with E-state index >= 15 is 0 Å². The van der Waals surface area contributed by atoms with Gasteiger partial charge in [-0.15, -0.1) is 0 Å². The Hall–Kier alpha value is -4.90. The molecule has 11 nitrogen and oxygen atoms in total. The Bertz CT molecular complexity index is 1730. The van der Waals surface area contributed by atoms with Crippen LogP contribution in [-0.2, 0) is 47.2 Å². The molecule has 260 valence electrons. The van der Waals surface area contributed by atoms with Crippen molar-refractivity contribution in [2.75, 3.05) is 14.2 Å². The number of halogens is 8. The fourth-order valence-corrected chi connectivity index (χ4v) is 6.41. The number of rotatable bonds is 8. The minimum Gasteiger partial charge on any atom is -0.468 e. The largest absolute Gasteiger partial charge is 0.468 e. The summed E-state index contributed by atoms with van der Waals surface area (Å²) in [5, 5.41) is 23.5. The molecule has 0 saturated carbocycles. The molecule has 2 aromatic rings. The summed E-state index contributed by atoms with van der Waals surface area (Å²) in [5.41, 5.74) is -11.0. The van der Waals surface area contributed by atoms with E-state index in [0.717, 1.165) is 62.8 Å². The van der Waals surface area contributed by atoms with Gasteiger partial charge in [-0.1, -0.05) is 59.6 Å². The number of nitro groups is 2. The van der Waals surface area contributed by atoms with Crippen molar-refractivity contribution in [1.82, 2.24) is 0 Å². The molecule has 4 unspecified atom stereocenters. The van der Waals surface area contributed by atoms with Gasteiger partial charge in [0.25, 0.3) is 11.1 Å². The maximum Gasteiger partial charge on any atom is 0.416 e. The molecule has 19 heteroatoms. The first kappa shape index (κ1) is 36.9. The first-order valence-electron chi connectivity index (χ1n) is 13.4. The molecule has 2 aliphatic rings. The van der Waals surface area contributed by atoms with Gasteiger partial charge in [0, 0.05) is 33.1 Å². The van der Waals surface area contributed by atoms with E-state index in [1.807, 2.05) is 0 Å². The molecule has 0 amide bonds. The average Bonchev–Trinajstić information content (AvgIpc) is 3.04. The highest BCUT2D eigenvalue weighted by molar-refractivity contribution is 6.32. The minimum absolute atomic E-state index is 0.551. The normalized spacial score (nSPS) is 24.0. The van der Waals surface area contributed by atoms with Gasteiger partial charge in [-0.05, 0) is 24.3 Å². The molecule has 0 heterocycles. The van der Waals surface area contributed by atoms with Gasteiger partial charge in [0.05, 0.1) is 35.4 Å². The summed E-state index contributed by atoms with van der Waals surface area (Å²) in [4.78, 5) is 49.0. The zero-order valence-electron chi connectivity index (χ0n) is 24.7. The highest BCUT2D eigenvalue weighted by Crippen LogP contribution is 2.52. The molecule has 0 radical (unpaired) electrons. The lowest BCUT2D eigenvalue weighted by atomic mass is 9.73. The van der Waals surface area contributed by atoms with E-state index in [9.17, 15) is 56.2 Å². The standard InChI is InChI=1S/C30H20Cl2F6N2O9/c1-47-25(41)21-23(31)19(11-13-27(21,39(43)44)15-7-3-5-9-17(15)29(33,34)35)49-20-12-14-28(40(45)46,22(24(20)32)26(42)48-2)16-8-4-6-10-18(16)30(36,37)38/h3-14,21-22H,1-2H3. The Labute approximate surface area is 281 Å². The van der Waals surface area contributed by atoms with Crippen LogP contribution in [0.3, 0.4) is 0 Å². The van der Waals surface area contributed by atoms with E-state index < -0.39 is 101 Å². The first-order valence-corrected chi connectivity index (χ1v) is 14.2. The van der Waals surface area contributed by atoms with Gasteiger partial charge >= 0.3 is 24.3 Å². The van der Waals surface area contributed by atoms with Crippen LogP contribution < -0.4 is 0 Å². The zero-order valence-corrected chi connectivity index (χ0v) is 26.2. The highest BCUT2D eigenvalue weighted by atomic mass is 35.5. The molecule has 4 atom stereocenters. The summed E-state index contributed by atoms with van der Waals surface area (Å²) < 4.78 is 99.1. The second kappa shape index (κ2) is 13.2. The average molecular weight is 737 g/mol. The Balaban J connectivity index is 1.93. The van der Waals surface area contributed by atoms with Crippen molar-refractivity contribution in [3.05, 3.63) is 137 Å². The van der Waals surface area contributed by atoms with Gasteiger partial charge in [-0.2, -0.15) is 26.3 Å². The number of carbonyl (C=O) groups is 2. The van der Waals surface area contributed by atoms with Crippen LogP contribution in [0.15, 0.2) is 94.4 Å². The van der Waals surface area contributed by atoms with Crippen LogP contribution in [0.25, 0.3) is 0 Å². The molecular weight excluding hydrogens is 717 g/mol. The zero-order chi connectivity index (χ0) is 36.7. The van der Waals surface area contributed by atoms with E-state index in [1.165, 1.54) is 0 Å². The third-order valence-corrected chi connectivity index (χ3v) is 8.67. The predicted octanol–water partition coefficient (Wildman–Crippen LogP) is 7.00. The Morgan fingerprint density at radius 1 is 0.694 bits per heavy atom. The van der Waals surface area contributed by atoms with Crippen molar-refractivity contribution < 1.29 is 60.0 Å². The number of alkyl halides is 6. The van der Waals surface area contributed by atoms with Crippen LogP contribution >= 0.6 is 23.2 Å². The number of hydrogen-bond acceptors (Lipinski definition) is 9. The van der Waals surface area contributed by atoms with E-state index in [0.29, 0.717) is 24.3 Å². The summed E-state index contributed by atoms with van der Waals surface area (Å²) in [6, 6.07) is 6.68. The third-order valence-electron chi connectivity index (χ3n) is 7.86. The van der Waals surface area contributed by atoms with Crippen LogP contribution in [0, 0.1) is 32.1 Å². The van der Waals surface area contributed by atoms with Crippen molar-refractivity contribution in [3.63, 3.8) is 0 Å². The van der Waals surface area contributed by atoms with Crippen molar-refractivity contribution in [2.45, 2.75) is 23.4 Å². The van der Waals surface area contributed by atoms with Crippen LogP contribution in [0.5, 0.6) is 0 Å². The predicted molar refractivity (Wildman–Crippen MR) is 156 cm³/mol. The van der Waals surface area contributed by atoms with E-state index in [-0.39, 0.29) is 0 Å².